The summed E-state index contributed by atoms with van der Waals surface area (Å²) in [6, 6.07) is 6.32. The fraction of sp³-hybridized carbons (Fsp3) is 0.440. The van der Waals surface area contributed by atoms with Crippen LogP contribution < -0.4 is 16.0 Å². The summed E-state index contributed by atoms with van der Waals surface area (Å²) in [6.07, 6.45) is 6.15. The van der Waals surface area contributed by atoms with Crippen molar-refractivity contribution in [2.24, 2.45) is 0 Å². The Kier molecular flexibility index (Phi) is 7.38. The molecule has 12 heteroatoms. The lowest BCUT2D eigenvalue weighted by molar-refractivity contribution is -0.132. The second-order valence-electron chi connectivity index (χ2n) is 9.45. The van der Waals surface area contributed by atoms with Gasteiger partial charge in [0.25, 0.3) is 0 Å². The molecular formula is C25H29FN8O2S. The Morgan fingerprint density at radius 1 is 1.24 bits per heavy atom. The van der Waals surface area contributed by atoms with E-state index >= 15 is 0 Å². The van der Waals surface area contributed by atoms with E-state index in [2.05, 4.69) is 36.1 Å². The molecule has 1 saturated heterocycles. The van der Waals surface area contributed by atoms with Gasteiger partial charge in [-0.25, -0.2) is 9.37 Å². The third-order valence-corrected chi connectivity index (χ3v) is 8.01. The quantitative estimate of drug-likeness (QED) is 0.409. The van der Waals surface area contributed by atoms with Gasteiger partial charge in [0.1, 0.15) is 28.4 Å². The number of anilines is 1. The Hall–Kier alpha value is -3.51. The maximum atomic E-state index is 14.3. The molecule has 3 N–H and O–H groups in total. The molecule has 2 aliphatic rings. The van der Waals surface area contributed by atoms with E-state index < -0.39 is 6.04 Å². The van der Waals surface area contributed by atoms with Crippen molar-refractivity contribution in [2.45, 2.75) is 44.2 Å². The molecule has 2 amide bonds. The molecule has 2 fully saturated rings. The summed E-state index contributed by atoms with van der Waals surface area (Å²) < 4.78 is 14.3. The molecule has 0 spiro atoms. The Morgan fingerprint density at radius 2 is 2.11 bits per heavy atom. The van der Waals surface area contributed by atoms with Crippen molar-refractivity contribution in [1.82, 2.24) is 35.7 Å². The Labute approximate surface area is 218 Å². The lowest BCUT2D eigenvalue weighted by Gasteiger charge is -2.41. The van der Waals surface area contributed by atoms with Crippen LogP contribution in [-0.4, -0.2) is 69.1 Å². The first-order valence-electron chi connectivity index (χ1n) is 12.3. The van der Waals surface area contributed by atoms with Crippen LogP contribution in [0.15, 0.2) is 36.7 Å². The number of amides is 2. The molecule has 3 aromatic heterocycles. The van der Waals surface area contributed by atoms with Gasteiger partial charge in [-0.3, -0.25) is 14.6 Å². The van der Waals surface area contributed by atoms with Gasteiger partial charge in [-0.2, -0.15) is 0 Å². The zero-order chi connectivity index (χ0) is 25.8. The molecule has 0 aromatic carbocycles. The smallest absolute Gasteiger partial charge is 0.239 e. The number of hydrogen-bond donors (Lipinski definition) is 3. The standard InChI is InChI=1S/C25H29FN8O2S/c1-16(35)34-11-10-27-20(14-34)23(36)29-12-17-13-30-24(37-17)19-5-6-21(33-32-19)31-15-25(7-3-8-25)22-18(26)4-2-9-28-22/h2,4-6,9,13,20,27H,3,7-8,10-12,14-15H2,1H3,(H,29,36)(H,31,33). The van der Waals surface area contributed by atoms with E-state index in [1.54, 1.807) is 23.4 Å². The topological polar surface area (TPSA) is 125 Å². The van der Waals surface area contributed by atoms with Gasteiger partial charge in [0.05, 0.1) is 12.2 Å². The van der Waals surface area contributed by atoms with Crippen molar-refractivity contribution in [3.8, 4) is 10.7 Å². The molecule has 194 valence electrons. The highest BCUT2D eigenvalue weighted by Crippen LogP contribution is 2.43. The molecule has 5 rings (SSSR count). The average Bonchev–Trinajstić information content (AvgIpc) is 3.37. The third-order valence-electron chi connectivity index (χ3n) is 6.99. The summed E-state index contributed by atoms with van der Waals surface area (Å²) in [6.45, 7) is 3.95. The van der Waals surface area contributed by atoms with Crippen LogP contribution in [-0.2, 0) is 21.5 Å². The molecule has 37 heavy (non-hydrogen) atoms. The normalized spacial score (nSPS) is 18.6. The minimum Gasteiger partial charge on any atom is -0.368 e. The van der Waals surface area contributed by atoms with Crippen LogP contribution >= 0.6 is 11.3 Å². The number of carbonyl (C=O) groups excluding carboxylic acids is 2. The van der Waals surface area contributed by atoms with Crippen molar-refractivity contribution < 1.29 is 14.0 Å². The minimum absolute atomic E-state index is 0.0293. The number of nitrogens with zero attached hydrogens (tertiary/aromatic N) is 5. The van der Waals surface area contributed by atoms with Gasteiger partial charge < -0.3 is 20.9 Å². The first-order valence-corrected chi connectivity index (χ1v) is 13.2. The number of halogens is 1. The van der Waals surface area contributed by atoms with Crippen molar-refractivity contribution in [2.75, 3.05) is 31.5 Å². The number of carbonyl (C=O) groups is 2. The van der Waals surface area contributed by atoms with E-state index in [4.69, 9.17) is 0 Å². The van der Waals surface area contributed by atoms with Crippen LogP contribution in [0.2, 0.25) is 0 Å². The first kappa shape index (κ1) is 25.2. The molecule has 0 radical (unpaired) electrons. The molecular weight excluding hydrogens is 495 g/mol. The Balaban J connectivity index is 1.15. The largest absolute Gasteiger partial charge is 0.368 e. The fourth-order valence-corrected chi connectivity index (χ4v) is 5.51. The van der Waals surface area contributed by atoms with Crippen LogP contribution in [0, 0.1) is 5.82 Å². The van der Waals surface area contributed by atoms with Gasteiger partial charge in [-0.1, -0.05) is 6.42 Å². The number of aromatic nitrogens is 4. The highest BCUT2D eigenvalue weighted by atomic mass is 32.1. The molecule has 1 unspecified atom stereocenters. The predicted octanol–water partition coefficient (Wildman–Crippen LogP) is 2.10. The van der Waals surface area contributed by atoms with Gasteiger partial charge in [0, 0.05) is 55.8 Å². The molecule has 1 aliphatic heterocycles. The highest BCUT2D eigenvalue weighted by Gasteiger charge is 2.41. The Bertz CT molecular complexity index is 1260. The summed E-state index contributed by atoms with van der Waals surface area (Å²) in [5.74, 6) is 0.161. The summed E-state index contributed by atoms with van der Waals surface area (Å²) >= 11 is 1.43. The van der Waals surface area contributed by atoms with Gasteiger partial charge >= 0.3 is 0 Å². The number of thiazole rings is 1. The molecule has 10 nitrogen and oxygen atoms in total. The SMILES string of the molecule is CC(=O)N1CCNC(C(=O)NCc2cnc(-c3ccc(NCC4(c5ncccc5F)CCC4)nn3)s2)C1. The van der Waals surface area contributed by atoms with Crippen molar-refractivity contribution in [1.29, 1.82) is 0 Å². The van der Waals surface area contributed by atoms with Crippen LogP contribution in [0.4, 0.5) is 10.2 Å². The molecule has 4 heterocycles. The van der Waals surface area contributed by atoms with E-state index in [-0.39, 0.29) is 23.0 Å². The summed E-state index contributed by atoms with van der Waals surface area (Å²) in [4.78, 5) is 35.4. The lowest BCUT2D eigenvalue weighted by Crippen LogP contribution is -2.57. The first-order chi connectivity index (χ1) is 17.9. The van der Waals surface area contributed by atoms with E-state index in [0.717, 1.165) is 24.1 Å². The molecule has 3 aromatic rings. The lowest BCUT2D eigenvalue weighted by atomic mass is 9.66. The molecule has 1 saturated carbocycles. The summed E-state index contributed by atoms with van der Waals surface area (Å²) in [5, 5.41) is 18.6. The fourth-order valence-electron chi connectivity index (χ4n) is 4.69. The summed E-state index contributed by atoms with van der Waals surface area (Å²) in [5.41, 5.74) is 0.821. The van der Waals surface area contributed by atoms with E-state index in [0.29, 0.717) is 54.9 Å². The molecule has 1 atom stereocenters. The highest BCUT2D eigenvalue weighted by molar-refractivity contribution is 7.15. The minimum atomic E-state index is -0.427. The van der Waals surface area contributed by atoms with Crippen LogP contribution in [0.3, 0.4) is 0 Å². The number of rotatable bonds is 8. The van der Waals surface area contributed by atoms with Crippen molar-refractivity contribution in [3.63, 3.8) is 0 Å². The van der Waals surface area contributed by atoms with E-state index in [1.807, 2.05) is 12.1 Å². The number of nitrogens with one attached hydrogen (secondary N) is 3. The van der Waals surface area contributed by atoms with Gasteiger partial charge in [0.15, 0.2) is 0 Å². The summed E-state index contributed by atoms with van der Waals surface area (Å²) in [7, 11) is 0. The van der Waals surface area contributed by atoms with Crippen LogP contribution in [0.5, 0.6) is 0 Å². The van der Waals surface area contributed by atoms with Crippen LogP contribution in [0.25, 0.3) is 10.7 Å². The molecule has 1 aliphatic carbocycles. The number of hydrogen-bond acceptors (Lipinski definition) is 9. The zero-order valence-electron chi connectivity index (χ0n) is 20.5. The zero-order valence-corrected chi connectivity index (χ0v) is 21.4. The monoisotopic (exact) mass is 524 g/mol. The van der Waals surface area contributed by atoms with Gasteiger partial charge in [-0.05, 0) is 37.1 Å². The Morgan fingerprint density at radius 3 is 2.81 bits per heavy atom. The average molecular weight is 525 g/mol. The van der Waals surface area contributed by atoms with Crippen molar-refractivity contribution in [3.05, 3.63) is 53.0 Å². The second kappa shape index (κ2) is 10.9. The van der Waals surface area contributed by atoms with Gasteiger partial charge in [-0.15, -0.1) is 21.5 Å². The molecule has 0 bridgehead atoms. The van der Waals surface area contributed by atoms with Crippen molar-refractivity contribution >= 4 is 29.0 Å². The van der Waals surface area contributed by atoms with Crippen LogP contribution in [0.1, 0.15) is 36.8 Å². The number of piperazine rings is 1. The predicted molar refractivity (Wildman–Crippen MR) is 137 cm³/mol. The third kappa shape index (κ3) is 5.59. The van der Waals surface area contributed by atoms with E-state index in [1.165, 1.54) is 24.3 Å². The second-order valence-corrected chi connectivity index (χ2v) is 10.6. The van der Waals surface area contributed by atoms with Gasteiger partial charge in [0.2, 0.25) is 11.8 Å². The maximum Gasteiger partial charge on any atom is 0.239 e. The maximum absolute atomic E-state index is 14.3. The number of pyridine rings is 1. The van der Waals surface area contributed by atoms with E-state index in [9.17, 15) is 14.0 Å².